The third-order valence-corrected chi connectivity index (χ3v) is 3.12. The Morgan fingerprint density at radius 2 is 1.94 bits per heavy atom. The molecule has 1 aliphatic heterocycles. The number of carbonyl (C=O) groups excluding carboxylic acids is 1. The van der Waals surface area contributed by atoms with Gasteiger partial charge in [0.25, 0.3) is 0 Å². The Balaban J connectivity index is 2.15. The summed E-state index contributed by atoms with van der Waals surface area (Å²) < 4.78 is 5.40. The van der Waals surface area contributed by atoms with Gasteiger partial charge in [-0.25, -0.2) is 0 Å². The average molecular weight is 242 g/mol. The van der Waals surface area contributed by atoms with Crippen LogP contribution in [0.2, 0.25) is 0 Å². The zero-order chi connectivity index (χ0) is 12.5. The molecule has 1 unspecified atom stereocenters. The smallest absolute Gasteiger partial charge is 0.236 e. The van der Waals surface area contributed by atoms with Gasteiger partial charge in [-0.3, -0.25) is 4.79 Å². The fraction of sp³-hybridized carbons (Fsp3) is 0.923. The molecule has 0 radical (unpaired) electrons. The Morgan fingerprint density at radius 3 is 2.53 bits per heavy atom. The maximum atomic E-state index is 11.9. The largest absolute Gasteiger partial charge is 0.377 e. The first-order chi connectivity index (χ1) is 8.24. The van der Waals surface area contributed by atoms with Crippen molar-refractivity contribution in [2.24, 2.45) is 0 Å². The number of hydrogen-bond acceptors (Lipinski definition) is 3. The van der Waals surface area contributed by atoms with Gasteiger partial charge in [0, 0.05) is 26.2 Å². The van der Waals surface area contributed by atoms with Crippen LogP contribution in [0.15, 0.2) is 0 Å². The Hall–Kier alpha value is -0.610. The van der Waals surface area contributed by atoms with Gasteiger partial charge >= 0.3 is 0 Å². The number of nitrogens with zero attached hydrogens (tertiary/aromatic N) is 1. The normalized spacial score (nSPS) is 18.8. The lowest BCUT2D eigenvalue weighted by Gasteiger charge is -2.21. The maximum Gasteiger partial charge on any atom is 0.236 e. The molecule has 1 heterocycles. The van der Waals surface area contributed by atoms with E-state index in [0.29, 0.717) is 6.54 Å². The highest BCUT2D eigenvalue weighted by molar-refractivity contribution is 5.78. The minimum absolute atomic E-state index is 0.178. The van der Waals surface area contributed by atoms with Crippen LogP contribution in [0.25, 0.3) is 0 Å². The van der Waals surface area contributed by atoms with Crippen molar-refractivity contribution in [3.63, 3.8) is 0 Å². The van der Waals surface area contributed by atoms with Gasteiger partial charge in [0.05, 0.1) is 12.6 Å². The monoisotopic (exact) mass is 242 g/mol. The van der Waals surface area contributed by atoms with E-state index in [1.807, 2.05) is 18.7 Å². The summed E-state index contributed by atoms with van der Waals surface area (Å²) in [7, 11) is 0. The molecule has 100 valence electrons. The van der Waals surface area contributed by atoms with Gasteiger partial charge < -0.3 is 15.0 Å². The van der Waals surface area contributed by atoms with Crippen molar-refractivity contribution >= 4 is 5.91 Å². The molecule has 1 atom stereocenters. The van der Waals surface area contributed by atoms with E-state index < -0.39 is 0 Å². The van der Waals surface area contributed by atoms with E-state index in [2.05, 4.69) is 5.32 Å². The lowest BCUT2D eigenvalue weighted by atomic mass is 10.2. The molecule has 0 aromatic heterocycles. The van der Waals surface area contributed by atoms with Crippen LogP contribution in [0.5, 0.6) is 0 Å². The van der Waals surface area contributed by atoms with Crippen molar-refractivity contribution in [3.8, 4) is 0 Å². The summed E-state index contributed by atoms with van der Waals surface area (Å²) in [4.78, 5) is 13.9. The zero-order valence-electron chi connectivity index (χ0n) is 11.2. The van der Waals surface area contributed by atoms with Crippen LogP contribution in [0.1, 0.15) is 39.5 Å². The molecular formula is C13H26N2O2. The fourth-order valence-corrected chi connectivity index (χ4v) is 2.16. The molecular weight excluding hydrogens is 216 g/mol. The SMILES string of the molecule is CCOC(C)CNCC(=O)N1CCCCCC1. The van der Waals surface area contributed by atoms with Gasteiger partial charge in [0.2, 0.25) is 5.91 Å². The molecule has 0 spiro atoms. The second-order valence-corrected chi connectivity index (χ2v) is 4.69. The van der Waals surface area contributed by atoms with Gasteiger partial charge in [0.1, 0.15) is 0 Å². The van der Waals surface area contributed by atoms with E-state index in [1.54, 1.807) is 0 Å². The molecule has 0 aromatic rings. The second-order valence-electron chi connectivity index (χ2n) is 4.69. The molecule has 0 aliphatic carbocycles. The highest BCUT2D eigenvalue weighted by Crippen LogP contribution is 2.09. The van der Waals surface area contributed by atoms with Crippen molar-refractivity contribution in [1.29, 1.82) is 0 Å². The Kier molecular flexibility index (Phi) is 7.21. The number of ether oxygens (including phenoxy) is 1. The first kappa shape index (κ1) is 14.5. The van der Waals surface area contributed by atoms with E-state index in [1.165, 1.54) is 12.8 Å². The van der Waals surface area contributed by atoms with Gasteiger partial charge in [-0.1, -0.05) is 12.8 Å². The predicted octanol–water partition coefficient (Wildman–Crippen LogP) is 1.40. The van der Waals surface area contributed by atoms with E-state index in [-0.39, 0.29) is 12.0 Å². The number of likely N-dealkylation sites (tertiary alicyclic amines) is 1. The highest BCUT2D eigenvalue weighted by atomic mass is 16.5. The molecule has 4 nitrogen and oxygen atoms in total. The summed E-state index contributed by atoms with van der Waals surface area (Å²) in [6.45, 7) is 7.78. The minimum Gasteiger partial charge on any atom is -0.377 e. The van der Waals surface area contributed by atoms with Gasteiger partial charge in [-0.15, -0.1) is 0 Å². The predicted molar refractivity (Wildman–Crippen MR) is 69.0 cm³/mol. The third kappa shape index (κ3) is 6.03. The molecule has 1 amide bonds. The molecule has 1 rings (SSSR count). The number of rotatable bonds is 6. The van der Waals surface area contributed by atoms with Crippen LogP contribution in [0.4, 0.5) is 0 Å². The topological polar surface area (TPSA) is 41.6 Å². The van der Waals surface area contributed by atoms with Crippen molar-refractivity contribution in [2.75, 3.05) is 32.8 Å². The van der Waals surface area contributed by atoms with E-state index in [9.17, 15) is 4.79 Å². The number of amides is 1. The molecule has 1 N–H and O–H groups in total. The van der Waals surface area contributed by atoms with Crippen molar-refractivity contribution in [3.05, 3.63) is 0 Å². The third-order valence-electron chi connectivity index (χ3n) is 3.12. The standard InChI is InChI=1S/C13H26N2O2/c1-3-17-12(2)10-14-11-13(16)15-8-6-4-5-7-9-15/h12,14H,3-11H2,1-2H3. The van der Waals surface area contributed by atoms with Gasteiger partial charge in [-0.05, 0) is 26.7 Å². The van der Waals surface area contributed by atoms with Gasteiger partial charge in [-0.2, -0.15) is 0 Å². The first-order valence-corrected chi connectivity index (χ1v) is 6.84. The quantitative estimate of drug-likeness (QED) is 0.765. The number of nitrogens with one attached hydrogen (secondary N) is 1. The maximum absolute atomic E-state index is 11.9. The van der Waals surface area contributed by atoms with Crippen LogP contribution in [0, 0.1) is 0 Å². The van der Waals surface area contributed by atoms with E-state index >= 15 is 0 Å². The lowest BCUT2D eigenvalue weighted by molar-refractivity contribution is -0.130. The van der Waals surface area contributed by atoms with Crippen LogP contribution < -0.4 is 5.32 Å². The molecule has 0 saturated carbocycles. The Labute approximate surface area is 105 Å². The van der Waals surface area contributed by atoms with Crippen molar-refractivity contribution < 1.29 is 9.53 Å². The van der Waals surface area contributed by atoms with Crippen LogP contribution in [-0.2, 0) is 9.53 Å². The summed E-state index contributed by atoms with van der Waals surface area (Å²) in [5, 5.41) is 3.17. The van der Waals surface area contributed by atoms with Crippen LogP contribution >= 0.6 is 0 Å². The molecule has 17 heavy (non-hydrogen) atoms. The van der Waals surface area contributed by atoms with Crippen LogP contribution in [-0.4, -0.2) is 49.7 Å². The first-order valence-electron chi connectivity index (χ1n) is 6.84. The molecule has 0 aromatic carbocycles. The fourth-order valence-electron chi connectivity index (χ4n) is 2.16. The summed E-state index contributed by atoms with van der Waals surface area (Å²) in [5.41, 5.74) is 0. The molecule has 4 heteroatoms. The summed E-state index contributed by atoms with van der Waals surface area (Å²) >= 11 is 0. The van der Waals surface area contributed by atoms with Crippen molar-refractivity contribution in [2.45, 2.75) is 45.6 Å². The number of hydrogen-bond donors (Lipinski definition) is 1. The van der Waals surface area contributed by atoms with E-state index in [4.69, 9.17) is 4.74 Å². The molecule has 0 bridgehead atoms. The summed E-state index contributed by atoms with van der Waals surface area (Å²) in [5.74, 6) is 0.232. The minimum atomic E-state index is 0.178. The average Bonchev–Trinajstić information content (AvgIpc) is 2.57. The van der Waals surface area contributed by atoms with E-state index in [0.717, 1.165) is 39.1 Å². The zero-order valence-corrected chi connectivity index (χ0v) is 11.2. The lowest BCUT2D eigenvalue weighted by Crippen LogP contribution is -2.40. The second kappa shape index (κ2) is 8.48. The van der Waals surface area contributed by atoms with Crippen molar-refractivity contribution in [1.82, 2.24) is 10.2 Å². The summed E-state index contributed by atoms with van der Waals surface area (Å²) in [6.07, 6.45) is 5.01. The molecule has 1 aliphatic rings. The Bertz CT molecular complexity index is 213. The molecule has 1 saturated heterocycles. The van der Waals surface area contributed by atoms with Gasteiger partial charge in [0.15, 0.2) is 0 Å². The van der Waals surface area contributed by atoms with Crippen LogP contribution in [0.3, 0.4) is 0 Å². The summed E-state index contributed by atoms with van der Waals surface area (Å²) in [6, 6.07) is 0. The molecule has 1 fully saturated rings. The highest BCUT2D eigenvalue weighted by Gasteiger charge is 2.14. The number of carbonyl (C=O) groups is 1. The Morgan fingerprint density at radius 1 is 1.29 bits per heavy atom.